The van der Waals surface area contributed by atoms with E-state index in [0.29, 0.717) is 16.5 Å². The molecule has 0 fully saturated rings. The Balaban J connectivity index is 2.11. The Morgan fingerprint density at radius 3 is 2.65 bits per heavy atom. The van der Waals surface area contributed by atoms with Crippen molar-refractivity contribution in [2.24, 2.45) is 0 Å². The van der Waals surface area contributed by atoms with Crippen LogP contribution in [-0.4, -0.2) is 29.8 Å². The Bertz CT molecular complexity index is 738. The summed E-state index contributed by atoms with van der Waals surface area (Å²) in [6, 6.07) is 1.70. The summed E-state index contributed by atoms with van der Waals surface area (Å²) in [5.41, 5.74) is 2.06. The molecule has 102 valence electrons. The first-order valence-corrected chi connectivity index (χ1v) is 6.47. The fourth-order valence-electron chi connectivity index (χ4n) is 1.84. The van der Waals surface area contributed by atoms with Gasteiger partial charge >= 0.3 is 0 Å². The van der Waals surface area contributed by atoms with Gasteiger partial charge in [0.15, 0.2) is 11.0 Å². The summed E-state index contributed by atoms with van der Waals surface area (Å²) in [5.74, 6) is 0.957. The van der Waals surface area contributed by atoms with Crippen molar-refractivity contribution in [3.63, 3.8) is 0 Å². The van der Waals surface area contributed by atoms with Gasteiger partial charge in [-0.3, -0.25) is 0 Å². The van der Waals surface area contributed by atoms with E-state index in [4.69, 9.17) is 11.6 Å². The van der Waals surface area contributed by atoms with E-state index in [1.807, 2.05) is 13.8 Å². The third-order valence-electron chi connectivity index (χ3n) is 2.72. The maximum atomic E-state index is 6.06. The van der Waals surface area contributed by atoms with Gasteiger partial charge in [0.05, 0.1) is 23.8 Å². The molecule has 0 aliphatic carbocycles. The average molecular weight is 290 g/mol. The smallest absolute Gasteiger partial charge is 0.201 e. The van der Waals surface area contributed by atoms with Gasteiger partial charge < -0.3 is 5.32 Å². The van der Waals surface area contributed by atoms with Crippen molar-refractivity contribution in [3.05, 3.63) is 35.8 Å². The molecule has 0 amide bonds. The fraction of sp³-hybridized carbons (Fsp3) is 0.250. The molecule has 0 aliphatic rings. The van der Waals surface area contributed by atoms with Crippen molar-refractivity contribution >= 4 is 28.6 Å². The van der Waals surface area contributed by atoms with E-state index in [1.54, 1.807) is 23.0 Å². The summed E-state index contributed by atoms with van der Waals surface area (Å²) >= 11 is 6.06. The molecule has 0 spiro atoms. The van der Waals surface area contributed by atoms with Crippen molar-refractivity contribution in [1.29, 1.82) is 0 Å². The third-order valence-corrected chi connectivity index (χ3v) is 2.91. The van der Waals surface area contributed by atoms with E-state index in [9.17, 15) is 0 Å². The molecule has 0 bridgehead atoms. The highest BCUT2D eigenvalue weighted by molar-refractivity contribution is 6.29. The Morgan fingerprint density at radius 1 is 1.20 bits per heavy atom. The van der Waals surface area contributed by atoms with Crippen LogP contribution >= 0.6 is 11.6 Å². The minimum atomic E-state index is 0.198. The maximum absolute atomic E-state index is 6.06. The third kappa shape index (κ3) is 2.27. The van der Waals surface area contributed by atoms with Crippen LogP contribution in [0.1, 0.15) is 25.6 Å². The van der Waals surface area contributed by atoms with Crippen LogP contribution in [0, 0.1) is 0 Å². The number of halogens is 1. The number of hydrogen-bond donors (Lipinski definition) is 1. The molecule has 20 heavy (non-hydrogen) atoms. The van der Waals surface area contributed by atoms with Crippen LogP contribution in [-0.2, 0) is 0 Å². The van der Waals surface area contributed by atoms with Crippen molar-refractivity contribution in [2.75, 3.05) is 5.32 Å². The molecule has 0 saturated heterocycles. The van der Waals surface area contributed by atoms with Gasteiger partial charge in [0.25, 0.3) is 0 Å². The number of nitrogens with one attached hydrogen (secondary N) is 1. The first-order valence-electron chi connectivity index (χ1n) is 6.09. The van der Waals surface area contributed by atoms with E-state index in [-0.39, 0.29) is 5.92 Å². The minimum absolute atomic E-state index is 0.198. The van der Waals surface area contributed by atoms with Gasteiger partial charge in [-0.25, -0.2) is 9.97 Å². The first kappa shape index (κ1) is 12.7. The molecule has 8 heteroatoms. The van der Waals surface area contributed by atoms with Crippen molar-refractivity contribution in [3.8, 4) is 0 Å². The second-order valence-corrected chi connectivity index (χ2v) is 4.97. The van der Waals surface area contributed by atoms with Crippen LogP contribution in [0.15, 0.2) is 24.8 Å². The largest absolute Gasteiger partial charge is 0.350 e. The molecule has 3 aromatic heterocycles. The quantitative estimate of drug-likeness (QED) is 0.797. The van der Waals surface area contributed by atoms with E-state index < -0.39 is 0 Å². The molecule has 0 atom stereocenters. The topological polar surface area (TPSA) is 80.9 Å². The lowest BCUT2D eigenvalue weighted by Crippen LogP contribution is -2.03. The van der Waals surface area contributed by atoms with Crippen LogP contribution in [0.4, 0.5) is 11.4 Å². The number of nitrogens with zero attached hydrogens (tertiary/aromatic N) is 6. The van der Waals surface area contributed by atoms with Crippen molar-refractivity contribution in [1.82, 2.24) is 29.8 Å². The zero-order chi connectivity index (χ0) is 14.1. The number of aromatic nitrogens is 6. The van der Waals surface area contributed by atoms with Crippen LogP contribution in [0.2, 0.25) is 5.15 Å². The highest BCUT2D eigenvalue weighted by atomic mass is 35.5. The van der Waals surface area contributed by atoms with E-state index >= 15 is 0 Å². The van der Waals surface area contributed by atoms with Gasteiger partial charge in [0.2, 0.25) is 5.65 Å². The van der Waals surface area contributed by atoms with Gasteiger partial charge in [-0.2, -0.15) is 9.61 Å². The summed E-state index contributed by atoms with van der Waals surface area (Å²) in [5, 5.41) is 16.1. The van der Waals surface area contributed by atoms with Crippen LogP contribution in [0.5, 0.6) is 0 Å². The molecule has 3 aromatic rings. The summed E-state index contributed by atoms with van der Waals surface area (Å²) in [6.07, 6.45) is 4.79. The van der Waals surface area contributed by atoms with E-state index in [1.165, 1.54) is 6.33 Å². The first-order chi connectivity index (χ1) is 9.65. The lowest BCUT2D eigenvalue weighted by molar-refractivity contribution is 0.721. The molecule has 0 saturated carbocycles. The number of rotatable bonds is 3. The predicted molar refractivity (Wildman–Crippen MR) is 75.2 cm³/mol. The monoisotopic (exact) mass is 289 g/mol. The number of fused-ring (bicyclic) bond motifs is 1. The molecular weight excluding hydrogens is 278 g/mol. The van der Waals surface area contributed by atoms with Crippen molar-refractivity contribution < 1.29 is 0 Å². The molecular formula is C12H12ClN7. The zero-order valence-electron chi connectivity index (χ0n) is 10.9. The van der Waals surface area contributed by atoms with Crippen LogP contribution < -0.4 is 5.32 Å². The predicted octanol–water partition coefficient (Wildman–Crippen LogP) is 2.43. The SMILES string of the molecule is CC(C)c1nnc2c(Nc3cncnc3)cc(Cl)nn12. The zero-order valence-corrected chi connectivity index (χ0v) is 11.7. The molecule has 0 unspecified atom stereocenters. The fourth-order valence-corrected chi connectivity index (χ4v) is 2.02. The summed E-state index contributed by atoms with van der Waals surface area (Å²) < 4.78 is 1.65. The van der Waals surface area contributed by atoms with Gasteiger partial charge in [-0.1, -0.05) is 25.4 Å². The van der Waals surface area contributed by atoms with Gasteiger partial charge in [-0.15, -0.1) is 10.2 Å². The van der Waals surface area contributed by atoms with Crippen LogP contribution in [0.3, 0.4) is 0 Å². The molecule has 1 N–H and O–H groups in total. The second kappa shape index (κ2) is 5.01. The highest BCUT2D eigenvalue weighted by Gasteiger charge is 2.15. The molecule has 7 nitrogen and oxygen atoms in total. The number of hydrogen-bond acceptors (Lipinski definition) is 6. The minimum Gasteiger partial charge on any atom is -0.350 e. The average Bonchev–Trinajstić information content (AvgIpc) is 2.83. The van der Waals surface area contributed by atoms with Gasteiger partial charge in [-0.05, 0) is 0 Å². The van der Waals surface area contributed by atoms with Crippen LogP contribution in [0.25, 0.3) is 5.65 Å². The van der Waals surface area contributed by atoms with Gasteiger partial charge in [0, 0.05) is 12.0 Å². The lowest BCUT2D eigenvalue weighted by atomic mass is 10.2. The Hall–Kier alpha value is -2.28. The molecule has 3 rings (SSSR count). The summed E-state index contributed by atoms with van der Waals surface area (Å²) in [7, 11) is 0. The second-order valence-electron chi connectivity index (χ2n) is 4.58. The van der Waals surface area contributed by atoms with E-state index in [2.05, 4.69) is 30.6 Å². The van der Waals surface area contributed by atoms with Crippen molar-refractivity contribution in [2.45, 2.75) is 19.8 Å². The molecule has 0 aromatic carbocycles. The lowest BCUT2D eigenvalue weighted by Gasteiger charge is -2.08. The number of anilines is 2. The summed E-state index contributed by atoms with van der Waals surface area (Å²) in [4.78, 5) is 7.90. The summed E-state index contributed by atoms with van der Waals surface area (Å²) in [6.45, 7) is 4.05. The van der Waals surface area contributed by atoms with E-state index in [0.717, 1.165) is 11.5 Å². The molecule has 0 radical (unpaired) electrons. The van der Waals surface area contributed by atoms with Gasteiger partial charge in [0.1, 0.15) is 6.33 Å². The Morgan fingerprint density at radius 2 is 1.95 bits per heavy atom. The molecule has 3 heterocycles. The maximum Gasteiger partial charge on any atom is 0.201 e. The normalized spacial score (nSPS) is 11.2. The molecule has 0 aliphatic heterocycles. The Labute approximate surface area is 120 Å². The standard InChI is InChI=1S/C12H12ClN7/c1-7(2)11-17-18-12-9(3-10(13)19-20(11)12)16-8-4-14-6-15-5-8/h3-7,16H,1-2H3. The Kier molecular flexibility index (Phi) is 3.19. The highest BCUT2D eigenvalue weighted by Crippen LogP contribution is 2.24.